The van der Waals surface area contributed by atoms with E-state index in [1.807, 2.05) is 36.9 Å². The van der Waals surface area contributed by atoms with Crippen LogP contribution >= 0.6 is 12.2 Å². The Bertz CT molecular complexity index is 1170. The third kappa shape index (κ3) is 4.03. The zero-order valence-electron chi connectivity index (χ0n) is 17.4. The van der Waals surface area contributed by atoms with Crippen LogP contribution in [0.4, 0.5) is 0 Å². The standard InChI is InChI=1S/C23H27N3O2S/c1-5-12-25(13-6-2)21(27)17-10-11-18-19(14-17)24-23(29)26(22(18)28)20-9-7-8-15(3)16(20)4/h7-11,14H,5-6,12-13H2,1-4H3,(H,24,29). The first-order valence-corrected chi connectivity index (χ1v) is 10.4. The highest BCUT2D eigenvalue weighted by atomic mass is 32.1. The van der Waals surface area contributed by atoms with Crippen molar-refractivity contribution in [3.63, 3.8) is 0 Å². The second kappa shape index (κ2) is 8.74. The molecule has 0 unspecified atom stereocenters. The monoisotopic (exact) mass is 409 g/mol. The number of carbonyl (C=O) groups is 1. The van der Waals surface area contributed by atoms with Crippen LogP contribution in [0.3, 0.4) is 0 Å². The van der Waals surface area contributed by atoms with Crippen LogP contribution in [0, 0.1) is 18.6 Å². The molecule has 152 valence electrons. The Kier molecular flexibility index (Phi) is 6.33. The summed E-state index contributed by atoms with van der Waals surface area (Å²) in [4.78, 5) is 31.1. The lowest BCUT2D eigenvalue weighted by Crippen LogP contribution is -2.32. The number of nitrogens with zero attached hydrogens (tertiary/aromatic N) is 2. The van der Waals surface area contributed by atoms with E-state index in [0.29, 0.717) is 21.2 Å². The van der Waals surface area contributed by atoms with Crippen molar-refractivity contribution in [1.82, 2.24) is 14.5 Å². The number of H-pyrrole nitrogens is 1. The molecule has 6 heteroatoms. The molecule has 0 spiro atoms. The van der Waals surface area contributed by atoms with Gasteiger partial charge >= 0.3 is 0 Å². The number of carbonyl (C=O) groups excluding carboxylic acids is 1. The van der Waals surface area contributed by atoms with E-state index in [9.17, 15) is 9.59 Å². The minimum atomic E-state index is -0.185. The molecular formula is C23H27N3O2S. The summed E-state index contributed by atoms with van der Waals surface area (Å²) in [7, 11) is 0. The highest BCUT2D eigenvalue weighted by molar-refractivity contribution is 7.71. The van der Waals surface area contributed by atoms with Crippen LogP contribution in [0.25, 0.3) is 16.6 Å². The SMILES string of the molecule is CCCN(CCC)C(=O)c1ccc2c(=O)n(-c3cccc(C)c3C)c(=S)[nH]c2c1. The largest absolute Gasteiger partial charge is 0.339 e. The van der Waals surface area contributed by atoms with E-state index in [0.717, 1.165) is 42.7 Å². The van der Waals surface area contributed by atoms with Crippen LogP contribution in [-0.2, 0) is 0 Å². The Morgan fingerprint density at radius 1 is 1.10 bits per heavy atom. The van der Waals surface area contributed by atoms with Crippen molar-refractivity contribution in [2.45, 2.75) is 40.5 Å². The number of rotatable bonds is 6. The minimum Gasteiger partial charge on any atom is -0.339 e. The molecule has 3 aromatic rings. The van der Waals surface area contributed by atoms with E-state index in [2.05, 4.69) is 18.8 Å². The van der Waals surface area contributed by atoms with Crippen molar-refractivity contribution in [3.8, 4) is 5.69 Å². The lowest BCUT2D eigenvalue weighted by molar-refractivity contribution is 0.0755. The Balaban J connectivity index is 2.13. The first-order valence-electron chi connectivity index (χ1n) is 10.0. The van der Waals surface area contributed by atoms with Crippen molar-refractivity contribution >= 4 is 29.0 Å². The average molecular weight is 410 g/mol. The fourth-order valence-corrected chi connectivity index (χ4v) is 3.88. The van der Waals surface area contributed by atoms with Gasteiger partial charge in [0, 0.05) is 18.7 Å². The summed E-state index contributed by atoms with van der Waals surface area (Å²) in [6.07, 6.45) is 1.81. The van der Waals surface area contributed by atoms with Gasteiger partial charge in [-0.3, -0.25) is 14.2 Å². The van der Waals surface area contributed by atoms with E-state index >= 15 is 0 Å². The maximum Gasteiger partial charge on any atom is 0.266 e. The molecule has 0 bridgehead atoms. The normalized spacial score (nSPS) is 11.0. The fourth-order valence-electron chi connectivity index (χ4n) is 3.58. The second-order valence-electron chi connectivity index (χ2n) is 7.34. The van der Waals surface area contributed by atoms with Crippen molar-refractivity contribution in [1.29, 1.82) is 0 Å². The number of aromatic amines is 1. The number of amides is 1. The smallest absolute Gasteiger partial charge is 0.266 e. The number of aryl methyl sites for hydroxylation is 1. The first kappa shape index (κ1) is 21.0. The molecular weight excluding hydrogens is 382 g/mol. The molecule has 2 aromatic carbocycles. The predicted octanol–water partition coefficient (Wildman–Crippen LogP) is 4.93. The zero-order chi connectivity index (χ0) is 21.1. The van der Waals surface area contributed by atoms with Gasteiger partial charge < -0.3 is 9.88 Å². The first-order chi connectivity index (χ1) is 13.9. The number of hydrogen-bond donors (Lipinski definition) is 1. The molecule has 0 aliphatic rings. The molecule has 1 heterocycles. The average Bonchev–Trinajstić information content (AvgIpc) is 2.70. The van der Waals surface area contributed by atoms with Crippen LogP contribution in [-0.4, -0.2) is 33.4 Å². The number of nitrogens with one attached hydrogen (secondary N) is 1. The van der Waals surface area contributed by atoms with Crippen LogP contribution in [0.15, 0.2) is 41.2 Å². The van der Waals surface area contributed by atoms with Gasteiger partial charge in [0.1, 0.15) is 0 Å². The third-order valence-electron chi connectivity index (χ3n) is 5.24. The maximum atomic E-state index is 13.2. The van der Waals surface area contributed by atoms with Crippen LogP contribution in [0.5, 0.6) is 0 Å². The number of aromatic nitrogens is 2. The molecule has 0 saturated carbocycles. The minimum absolute atomic E-state index is 0.0198. The third-order valence-corrected chi connectivity index (χ3v) is 5.52. The molecule has 0 fully saturated rings. The molecule has 1 aromatic heterocycles. The quantitative estimate of drug-likeness (QED) is 0.588. The van der Waals surface area contributed by atoms with Gasteiger partial charge in [-0.15, -0.1) is 0 Å². The second-order valence-corrected chi connectivity index (χ2v) is 7.73. The van der Waals surface area contributed by atoms with Gasteiger partial charge in [-0.1, -0.05) is 26.0 Å². The summed E-state index contributed by atoms with van der Waals surface area (Å²) in [5.41, 5.74) is 3.84. The van der Waals surface area contributed by atoms with Crippen LogP contribution in [0.1, 0.15) is 48.2 Å². The predicted molar refractivity (Wildman–Crippen MR) is 121 cm³/mol. The van der Waals surface area contributed by atoms with Crippen molar-refractivity contribution in [2.24, 2.45) is 0 Å². The molecule has 0 radical (unpaired) electrons. The summed E-state index contributed by atoms with van der Waals surface area (Å²) in [5.74, 6) is -0.0198. The van der Waals surface area contributed by atoms with Gasteiger partial charge in [0.2, 0.25) is 0 Å². The van der Waals surface area contributed by atoms with E-state index in [1.165, 1.54) is 4.57 Å². The van der Waals surface area contributed by atoms with Gasteiger partial charge in [-0.25, -0.2) is 0 Å². The fraction of sp³-hybridized carbons (Fsp3) is 0.348. The Morgan fingerprint density at radius 3 is 2.45 bits per heavy atom. The molecule has 0 atom stereocenters. The summed E-state index contributed by atoms with van der Waals surface area (Å²) in [5, 5.41) is 0.508. The van der Waals surface area contributed by atoms with Crippen molar-refractivity contribution in [3.05, 3.63) is 68.2 Å². The van der Waals surface area contributed by atoms with Gasteiger partial charge in [0.25, 0.3) is 11.5 Å². The molecule has 1 amide bonds. The highest BCUT2D eigenvalue weighted by Crippen LogP contribution is 2.19. The lowest BCUT2D eigenvalue weighted by atomic mass is 10.1. The number of benzene rings is 2. The van der Waals surface area contributed by atoms with Crippen LogP contribution in [0.2, 0.25) is 0 Å². The van der Waals surface area contributed by atoms with Crippen molar-refractivity contribution in [2.75, 3.05) is 13.1 Å². The number of fused-ring (bicyclic) bond motifs is 1. The van der Waals surface area contributed by atoms with Crippen molar-refractivity contribution < 1.29 is 4.79 Å². The summed E-state index contributed by atoms with van der Waals surface area (Å²) < 4.78 is 1.85. The van der Waals surface area contributed by atoms with E-state index in [4.69, 9.17) is 12.2 Å². The van der Waals surface area contributed by atoms with Gasteiger partial charge in [0.05, 0.1) is 16.6 Å². The van der Waals surface area contributed by atoms with E-state index in [-0.39, 0.29) is 11.5 Å². The maximum absolute atomic E-state index is 13.2. The zero-order valence-corrected chi connectivity index (χ0v) is 18.2. The highest BCUT2D eigenvalue weighted by Gasteiger charge is 2.16. The molecule has 0 saturated heterocycles. The molecule has 3 rings (SSSR count). The van der Waals surface area contributed by atoms with Gasteiger partial charge in [-0.2, -0.15) is 0 Å². The van der Waals surface area contributed by atoms with E-state index < -0.39 is 0 Å². The molecule has 0 aliphatic heterocycles. The van der Waals surface area contributed by atoms with Gasteiger partial charge in [0.15, 0.2) is 4.77 Å². The molecule has 5 nitrogen and oxygen atoms in total. The Hall–Kier alpha value is -2.73. The summed E-state index contributed by atoms with van der Waals surface area (Å²) in [6.45, 7) is 9.54. The molecule has 29 heavy (non-hydrogen) atoms. The Morgan fingerprint density at radius 2 is 1.79 bits per heavy atom. The lowest BCUT2D eigenvalue weighted by Gasteiger charge is -2.21. The Labute approximate surface area is 176 Å². The van der Waals surface area contributed by atoms with E-state index in [1.54, 1.807) is 18.2 Å². The summed E-state index contributed by atoms with van der Waals surface area (Å²) in [6, 6.07) is 11.0. The summed E-state index contributed by atoms with van der Waals surface area (Å²) >= 11 is 5.51. The molecule has 0 aliphatic carbocycles. The van der Waals surface area contributed by atoms with Gasteiger partial charge in [-0.05, 0) is 74.3 Å². The van der Waals surface area contributed by atoms with Crippen LogP contribution < -0.4 is 5.56 Å². The number of hydrogen-bond acceptors (Lipinski definition) is 3. The topological polar surface area (TPSA) is 58.1 Å². The molecule has 1 N–H and O–H groups in total.